The highest BCUT2D eigenvalue weighted by molar-refractivity contribution is 6.12. The van der Waals surface area contributed by atoms with Crippen molar-refractivity contribution in [2.24, 2.45) is 0 Å². The van der Waals surface area contributed by atoms with Crippen LogP contribution in [0.25, 0.3) is 22.3 Å². The van der Waals surface area contributed by atoms with Gasteiger partial charge in [-0.15, -0.1) is 0 Å². The van der Waals surface area contributed by atoms with Crippen LogP contribution in [-0.2, 0) is 47.4 Å². The van der Waals surface area contributed by atoms with Gasteiger partial charge in [0.1, 0.15) is 25.4 Å². The largest absolute Gasteiger partial charge is 0.504 e. The minimum Gasteiger partial charge on any atom is -0.504 e. The van der Waals surface area contributed by atoms with Gasteiger partial charge in [-0.25, -0.2) is 43.2 Å². The minimum absolute atomic E-state index is 0.0159. The number of cyclic esters (lactones) is 3. The number of benzene rings is 9. The Morgan fingerprint density at radius 2 is 0.639 bits per heavy atom. The number of carbonyl (C=O) groups excluding carboxylic acids is 9. The van der Waals surface area contributed by atoms with Gasteiger partial charge in [0.25, 0.3) is 0 Å². The molecule has 4 aliphatic rings. The van der Waals surface area contributed by atoms with E-state index >= 15 is 19.2 Å². The van der Waals surface area contributed by atoms with Gasteiger partial charge in [0.2, 0.25) is 41.1 Å². The van der Waals surface area contributed by atoms with Crippen LogP contribution in [0.5, 0.6) is 155 Å². The third kappa shape index (κ3) is 13.9. The summed E-state index contributed by atoms with van der Waals surface area (Å²) in [6.07, 6.45) is -27.9. The van der Waals surface area contributed by atoms with E-state index in [4.69, 9.17) is 47.4 Å². The molecule has 122 heavy (non-hydrogen) atoms. The normalized spacial score (nSPS) is 19.7. The summed E-state index contributed by atoms with van der Waals surface area (Å²) >= 11 is 0. The summed E-state index contributed by atoms with van der Waals surface area (Å²) in [5.74, 6) is -63.3. The van der Waals surface area contributed by atoms with Crippen molar-refractivity contribution in [3.05, 3.63) is 134 Å². The van der Waals surface area contributed by atoms with Crippen LogP contribution in [0.1, 0.15) is 110 Å². The molecule has 0 radical (unpaired) electrons. The number of phenolic OH excluding ortho intramolecular Hbond substituents is 27. The second-order valence-electron chi connectivity index (χ2n) is 26.7. The van der Waals surface area contributed by atoms with Gasteiger partial charge in [-0.2, -0.15) is 0 Å². The SMILES string of the molecule is O=C(OC[C@H]1O[C@@H](OC(=O)c2cc(O)c(O)c(O)c2)[C@H](OC(=O)c2cc(O)c(O)c(O)c2)[C@@H](OC(=O)c2cc(O)c(O)c(O)c2)[C@@H]1OC(=O)c1cc(O)c(O)c(O)c1[C@H]1c2c(O)c(O)c(O)c3c2C(=O)O[C@@H]1[C@H]([C@@H]1OC(=O)c2cc(O)c(O)c(O)c2-c2c(cc(O)c(O)c2O)C(=O)OC[C@H]1O)OC(=O)c1cc(O)c(O)c(O)c1-3)c1cc(O)c(O)c(O)c1. The summed E-state index contributed by atoms with van der Waals surface area (Å²) in [6, 6.07) is 3.71. The molecule has 0 spiro atoms. The molecule has 0 aliphatic carbocycles. The van der Waals surface area contributed by atoms with Crippen molar-refractivity contribution in [3.8, 4) is 177 Å². The molecule has 0 unspecified atom stereocenters. The molecule has 0 amide bonds. The molecule has 9 aromatic rings. The number of aliphatic hydroxyl groups is 1. The molecule has 47 nitrogen and oxygen atoms in total. The van der Waals surface area contributed by atoms with Crippen LogP contribution < -0.4 is 0 Å². The third-order valence-corrected chi connectivity index (χ3v) is 19.3. The van der Waals surface area contributed by atoms with E-state index in [1.165, 1.54) is 0 Å². The standard InChI is InChI=1S/C75H54O47/c76-23-1-15(2-24(77)45(23)89)66(104)114-14-36-61(64(119-67(105)16-3-25(78)46(90)26(79)4-16)65(121-68(106)17-5-27(80)47(91)28(81)6-17)75(115-36)122-69(107)18-7-29(82)48(92)30(83)8-18)117-72(110)22-12-34(87)52(96)56(100)40(22)43-42-44-41(57(101)59(103)58(42)102)39-21(11-33(86)51(95)55(39)99)73(111)120-63(62(43)118-74(44)112)60-35(88)13-113-70(108)19-9-31(84)49(93)53(97)37(19)38-20(71(109)116-60)10-32(85)50(94)54(38)98/h1-12,35-36,43,60-65,75-103H,13-14H2/t35-,36-,43+,60-,61-,62+,63+,64+,65-,75+/m1/s1. The highest BCUT2D eigenvalue weighted by atomic mass is 16.8. The van der Waals surface area contributed by atoms with Crippen LogP contribution in [0.3, 0.4) is 0 Å². The molecule has 0 saturated carbocycles. The summed E-state index contributed by atoms with van der Waals surface area (Å²) in [5.41, 5.74) is -20.5. The lowest BCUT2D eigenvalue weighted by molar-refractivity contribution is -0.282. The second kappa shape index (κ2) is 30.4. The number of carbonyl (C=O) groups is 9. The number of aromatic hydroxyl groups is 27. The van der Waals surface area contributed by atoms with E-state index in [9.17, 15) is 167 Å². The first kappa shape index (κ1) is 82.7. The topological polar surface area (TPSA) is 812 Å². The van der Waals surface area contributed by atoms with Crippen LogP contribution in [0.15, 0.2) is 72.8 Å². The molecule has 636 valence electrons. The maximum atomic E-state index is 16.3. The zero-order chi connectivity index (χ0) is 89.2. The van der Waals surface area contributed by atoms with E-state index in [1.807, 2.05) is 0 Å². The van der Waals surface area contributed by atoms with Gasteiger partial charge in [-0.1, -0.05) is 0 Å². The lowest BCUT2D eigenvalue weighted by Crippen LogP contribution is -2.63. The van der Waals surface area contributed by atoms with Crippen LogP contribution in [0.4, 0.5) is 0 Å². The van der Waals surface area contributed by atoms with Crippen LogP contribution in [0, 0.1) is 0 Å². The molecular weight excluding hydrogens is 1650 g/mol. The highest BCUT2D eigenvalue weighted by Gasteiger charge is 2.59. The number of hydrogen-bond acceptors (Lipinski definition) is 47. The van der Waals surface area contributed by atoms with Crippen LogP contribution in [0.2, 0.25) is 0 Å². The first-order valence-corrected chi connectivity index (χ1v) is 33.9. The Labute approximate surface area is 670 Å². The zero-order valence-corrected chi connectivity index (χ0v) is 59.9. The number of hydrogen-bond donors (Lipinski definition) is 28. The van der Waals surface area contributed by atoms with E-state index in [2.05, 4.69) is 0 Å². The maximum Gasteiger partial charge on any atom is 0.340 e. The number of fused-ring (bicyclic) bond motifs is 7. The fraction of sp³-hybridized carbons (Fsp3) is 0.160. The first-order valence-electron chi connectivity index (χ1n) is 33.9. The molecule has 4 aliphatic heterocycles. The zero-order valence-electron chi connectivity index (χ0n) is 59.9. The number of aliphatic hydroxyl groups excluding tert-OH is 1. The van der Waals surface area contributed by atoms with Crippen LogP contribution in [-0.4, -0.2) is 265 Å². The Morgan fingerprint density at radius 3 is 1.08 bits per heavy atom. The van der Waals surface area contributed by atoms with Crippen molar-refractivity contribution in [1.82, 2.24) is 0 Å². The Hall–Kier alpha value is -17.3. The Balaban J connectivity index is 1.07. The van der Waals surface area contributed by atoms with Gasteiger partial charge >= 0.3 is 53.7 Å². The van der Waals surface area contributed by atoms with E-state index in [-0.39, 0.29) is 18.2 Å². The summed E-state index contributed by atoms with van der Waals surface area (Å²) < 4.78 is 57.3. The second-order valence-corrected chi connectivity index (χ2v) is 26.7. The minimum atomic E-state index is -3.32. The van der Waals surface area contributed by atoms with E-state index in [0.29, 0.717) is 54.6 Å². The number of phenols is 27. The fourth-order valence-corrected chi connectivity index (χ4v) is 13.6. The van der Waals surface area contributed by atoms with Gasteiger partial charge in [0.05, 0.1) is 56.0 Å². The number of rotatable bonds is 13. The average molecular weight is 1710 g/mol. The number of esters is 9. The van der Waals surface area contributed by atoms with Crippen molar-refractivity contribution in [2.75, 3.05) is 13.2 Å². The summed E-state index contributed by atoms with van der Waals surface area (Å²) in [4.78, 5) is 135. The third-order valence-electron chi connectivity index (χ3n) is 19.3. The van der Waals surface area contributed by atoms with Gasteiger partial charge < -0.3 is 190 Å². The van der Waals surface area contributed by atoms with Crippen molar-refractivity contribution in [1.29, 1.82) is 0 Å². The number of ether oxygens (including phenoxy) is 10. The molecule has 10 atom stereocenters. The molecule has 1 fully saturated rings. The molecule has 28 N–H and O–H groups in total. The quantitative estimate of drug-likeness (QED) is 0.0448. The van der Waals surface area contributed by atoms with Gasteiger partial charge in [-0.3, -0.25) is 0 Å². The van der Waals surface area contributed by atoms with Gasteiger partial charge in [-0.05, 0) is 72.8 Å². The molecule has 9 aromatic carbocycles. The Bertz CT molecular complexity index is 5990. The molecule has 0 aromatic heterocycles. The van der Waals surface area contributed by atoms with E-state index in [0.717, 1.165) is 0 Å². The lowest BCUT2D eigenvalue weighted by Gasteiger charge is -2.44. The molecule has 4 heterocycles. The monoisotopic (exact) mass is 1710 g/mol. The lowest BCUT2D eigenvalue weighted by atomic mass is 9.73. The smallest absolute Gasteiger partial charge is 0.340 e. The van der Waals surface area contributed by atoms with Crippen molar-refractivity contribution >= 4 is 53.7 Å². The Morgan fingerprint density at radius 1 is 0.303 bits per heavy atom. The van der Waals surface area contributed by atoms with E-state index in [1.54, 1.807) is 0 Å². The first-order chi connectivity index (χ1) is 57.3. The molecular formula is C75H54O47. The van der Waals surface area contributed by atoms with Gasteiger partial charge in [0.15, 0.2) is 157 Å². The van der Waals surface area contributed by atoms with Crippen molar-refractivity contribution < 1.29 is 234 Å². The summed E-state index contributed by atoms with van der Waals surface area (Å²) in [6.45, 7) is -3.47. The van der Waals surface area contributed by atoms with Crippen LogP contribution >= 0.6 is 0 Å². The fourth-order valence-electron chi connectivity index (χ4n) is 13.6. The predicted molar refractivity (Wildman–Crippen MR) is 379 cm³/mol. The Kier molecular flexibility index (Phi) is 20.6. The van der Waals surface area contributed by atoms with E-state index < -0.39 is 367 Å². The maximum absolute atomic E-state index is 16.3. The molecule has 47 heteroatoms. The van der Waals surface area contributed by atoms with Crippen molar-refractivity contribution in [2.45, 2.75) is 61.0 Å². The average Bonchev–Trinajstić information content (AvgIpc) is 0.702. The molecule has 13 rings (SSSR count). The summed E-state index contributed by atoms with van der Waals surface area (Å²) in [5, 5.41) is 311. The van der Waals surface area contributed by atoms with Crippen molar-refractivity contribution in [3.63, 3.8) is 0 Å². The highest BCUT2D eigenvalue weighted by Crippen LogP contribution is 2.62. The summed E-state index contributed by atoms with van der Waals surface area (Å²) in [7, 11) is 0. The molecule has 1 saturated heterocycles. The van der Waals surface area contributed by atoms with Gasteiger partial charge in [0, 0.05) is 33.4 Å². The predicted octanol–water partition coefficient (Wildman–Crippen LogP) is 2.45. The molecule has 2 bridgehead atoms.